The van der Waals surface area contributed by atoms with Gasteiger partial charge in [0.1, 0.15) is 5.82 Å². The fourth-order valence-corrected chi connectivity index (χ4v) is 3.69. The van der Waals surface area contributed by atoms with Gasteiger partial charge in [-0.05, 0) is 24.7 Å². The van der Waals surface area contributed by atoms with E-state index in [0.29, 0.717) is 29.3 Å². The molecule has 0 aliphatic carbocycles. The Morgan fingerprint density at radius 1 is 1.06 bits per heavy atom. The van der Waals surface area contributed by atoms with Crippen LogP contribution in [0.15, 0.2) is 71.2 Å². The Morgan fingerprint density at radius 3 is 2.39 bits per heavy atom. The molecule has 0 saturated carbocycles. The van der Waals surface area contributed by atoms with Crippen LogP contribution in [0.3, 0.4) is 0 Å². The van der Waals surface area contributed by atoms with E-state index in [-0.39, 0.29) is 10.7 Å². The van der Waals surface area contributed by atoms with Crippen LogP contribution < -0.4 is 16.8 Å². The lowest BCUT2D eigenvalue weighted by atomic mass is 10.0. The predicted octanol–water partition coefficient (Wildman–Crippen LogP) is 2.02. The molecule has 1 aromatic heterocycles. The zero-order valence-electron chi connectivity index (χ0n) is 17.8. The molecular formula is C23H30ClN7. The minimum Gasteiger partial charge on any atom is -0.397 e. The van der Waals surface area contributed by atoms with Crippen molar-refractivity contribution in [1.29, 1.82) is 5.41 Å². The van der Waals surface area contributed by atoms with Gasteiger partial charge in [0.15, 0.2) is 0 Å². The molecule has 8 heteroatoms. The number of hydrogen-bond donors (Lipinski definition) is 4. The third-order valence-corrected chi connectivity index (χ3v) is 5.71. The van der Waals surface area contributed by atoms with E-state index in [1.807, 2.05) is 36.4 Å². The van der Waals surface area contributed by atoms with Crippen molar-refractivity contribution in [2.24, 2.45) is 11.5 Å². The first-order valence-electron chi connectivity index (χ1n) is 10.3. The second kappa shape index (κ2) is 10.9. The summed E-state index contributed by atoms with van der Waals surface area (Å²) in [6.45, 7) is 5.67. The predicted molar refractivity (Wildman–Crippen MR) is 128 cm³/mol. The Labute approximate surface area is 188 Å². The van der Waals surface area contributed by atoms with Gasteiger partial charge in [0.2, 0.25) is 0 Å². The Bertz CT molecular complexity index is 933. The molecule has 1 aliphatic rings. The van der Waals surface area contributed by atoms with Crippen LogP contribution in [0, 0.1) is 5.41 Å². The van der Waals surface area contributed by atoms with E-state index in [0.717, 1.165) is 38.3 Å². The summed E-state index contributed by atoms with van der Waals surface area (Å²) >= 11 is 6.71. The Balaban J connectivity index is 1.85. The van der Waals surface area contributed by atoms with E-state index in [1.165, 1.54) is 0 Å². The van der Waals surface area contributed by atoms with Gasteiger partial charge < -0.3 is 21.7 Å². The number of likely N-dealkylation sites (N-methyl/N-ethyl adjacent to an activating group) is 1. The van der Waals surface area contributed by atoms with E-state index in [4.69, 9.17) is 28.5 Å². The van der Waals surface area contributed by atoms with Gasteiger partial charge in [-0.1, -0.05) is 48.0 Å². The highest BCUT2D eigenvalue weighted by molar-refractivity contribution is 6.39. The van der Waals surface area contributed by atoms with Gasteiger partial charge in [0, 0.05) is 45.5 Å². The zero-order chi connectivity index (χ0) is 22.2. The normalized spacial score (nSPS) is 17.0. The molecule has 1 saturated heterocycles. The number of nitrogens with zero attached hydrogens (tertiary/aromatic N) is 3. The molecule has 3 rings (SSSR count). The second-order valence-corrected chi connectivity index (χ2v) is 7.92. The second-order valence-electron chi connectivity index (χ2n) is 7.54. The van der Waals surface area contributed by atoms with Crippen LogP contribution >= 0.6 is 11.6 Å². The number of benzene rings is 1. The number of nitrogens with two attached hydrogens (primary N) is 2. The number of allylic oxidation sites excluding steroid dienone is 2. The van der Waals surface area contributed by atoms with Crippen molar-refractivity contribution in [3.63, 3.8) is 0 Å². The summed E-state index contributed by atoms with van der Waals surface area (Å²) in [7, 11) is 2.14. The number of hydrogen-bond acceptors (Lipinski definition) is 7. The molecule has 2 heterocycles. The van der Waals surface area contributed by atoms with E-state index >= 15 is 0 Å². The van der Waals surface area contributed by atoms with Gasteiger partial charge in [-0.2, -0.15) is 0 Å². The first kappa shape index (κ1) is 22.8. The average Bonchev–Trinajstić information content (AvgIpc) is 2.81. The van der Waals surface area contributed by atoms with Crippen LogP contribution in [0.2, 0.25) is 0 Å². The van der Waals surface area contributed by atoms with Gasteiger partial charge in [-0.15, -0.1) is 0 Å². The van der Waals surface area contributed by atoms with Crippen molar-refractivity contribution in [2.45, 2.75) is 0 Å². The number of aromatic nitrogens is 1. The largest absolute Gasteiger partial charge is 0.397 e. The number of rotatable bonds is 8. The highest BCUT2D eigenvalue weighted by Gasteiger charge is 2.20. The van der Waals surface area contributed by atoms with Gasteiger partial charge in [-0.3, -0.25) is 15.3 Å². The van der Waals surface area contributed by atoms with E-state index < -0.39 is 0 Å². The maximum absolute atomic E-state index is 8.73. The molecule has 1 aromatic carbocycles. The molecule has 0 amide bonds. The molecule has 6 N–H and O–H groups in total. The van der Waals surface area contributed by atoms with Crippen LogP contribution in [0.25, 0.3) is 5.70 Å². The summed E-state index contributed by atoms with van der Waals surface area (Å²) < 4.78 is 0. The summed E-state index contributed by atoms with van der Waals surface area (Å²) in [5, 5.41) is 12.2. The smallest absolute Gasteiger partial charge is 0.107 e. The number of halogens is 1. The highest BCUT2D eigenvalue weighted by atomic mass is 35.5. The molecule has 7 nitrogen and oxygen atoms in total. The van der Waals surface area contributed by atoms with Crippen LogP contribution in [0.5, 0.6) is 0 Å². The summed E-state index contributed by atoms with van der Waals surface area (Å²) in [4.78, 5) is 8.99. The molecule has 31 heavy (non-hydrogen) atoms. The van der Waals surface area contributed by atoms with Gasteiger partial charge >= 0.3 is 0 Å². The lowest BCUT2D eigenvalue weighted by Crippen LogP contribution is -2.46. The third kappa shape index (κ3) is 6.07. The third-order valence-electron chi connectivity index (χ3n) is 5.32. The molecular weight excluding hydrogens is 410 g/mol. The summed E-state index contributed by atoms with van der Waals surface area (Å²) in [6.07, 6.45) is 1.64. The fourth-order valence-electron chi connectivity index (χ4n) is 3.39. The number of pyridine rings is 1. The Kier molecular flexibility index (Phi) is 8.06. The standard InChI is InChI=1S/C23H30ClN7/c1-30-13-15-31(16-14-30)12-11-29-23(27)19(22(26)18-9-5-6-10-28-18)20(24)21(25)17-7-3-2-4-8-17/h2-10,26,29H,11-16,25,27H2,1H3/b21-20+,23-19-,26-22?. The molecule has 164 valence electrons. The quantitative estimate of drug-likeness (QED) is 0.370. The Hall–Kier alpha value is -2.87. The van der Waals surface area contributed by atoms with Crippen LogP contribution in [0.4, 0.5) is 0 Å². The monoisotopic (exact) mass is 439 g/mol. The molecule has 0 atom stereocenters. The van der Waals surface area contributed by atoms with E-state index in [1.54, 1.807) is 18.3 Å². The SMILES string of the molecule is CN1CCN(CCN/C(N)=C(C(=N)c2ccccn2)/C(Cl)=C(\N)c2ccccc2)CC1. The van der Waals surface area contributed by atoms with Gasteiger partial charge in [0.05, 0.1) is 27.7 Å². The highest BCUT2D eigenvalue weighted by Crippen LogP contribution is 2.26. The van der Waals surface area contributed by atoms with Crippen LogP contribution in [-0.4, -0.2) is 66.8 Å². The van der Waals surface area contributed by atoms with E-state index in [2.05, 4.69) is 27.1 Å². The van der Waals surface area contributed by atoms with Crippen LogP contribution in [0.1, 0.15) is 11.3 Å². The fraction of sp³-hybridized carbons (Fsp3) is 0.304. The first-order valence-corrected chi connectivity index (χ1v) is 10.7. The van der Waals surface area contributed by atoms with Crippen molar-refractivity contribution in [3.8, 4) is 0 Å². The molecule has 1 fully saturated rings. The van der Waals surface area contributed by atoms with Crippen molar-refractivity contribution in [2.75, 3.05) is 46.3 Å². The minimum absolute atomic E-state index is 0.120. The maximum atomic E-state index is 8.73. The summed E-state index contributed by atoms with van der Waals surface area (Å²) in [5.41, 5.74) is 14.8. The molecule has 0 radical (unpaired) electrons. The van der Waals surface area contributed by atoms with Crippen molar-refractivity contribution in [3.05, 3.63) is 82.4 Å². The van der Waals surface area contributed by atoms with Crippen molar-refractivity contribution < 1.29 is 0 Å². The topological polar surface area (TPSA) is 107 Å². The van der Waals surface area contributed by atoms with Crippen molar-refractivity contribution >= 4 is 23.0 Å². The number of piperazine rings is 1. The average molecular weight is 440 g/mol. The summed E-state index contributed by atoms with van der Waals surface area (Å²) in [6, 6.07) is 14.8. The first-order chi connectivity index (χ1) is 15.0. The van der Waals surface area contributed by atoms with E-state index in [9.17, 15) is 0 Å². The zero-order valence-corrected chi connectivity index (χ0v) is 18.6. The molecule has 1 aliphatic heterocycles. The van der Waals surface area contributed by atoms with Crippen molar-refractivity contribution in [1.82, 2.24) is 20.1 Å². The molecule has 2 aromatic rings. The molecule has 0 unspecified atom stereocenters. The molecule has 0 bridgehead atoms. The summed E-state index contributed by atoms with van der Waals surface area (Å²) in [5.74, 6) is 0.314. The lowest BCUT2D eigenvalue weighted by Gasteiger charge is -2.32. The molecule has 0 spiro atoms. The van der Waals surface area contributed by atoms with Gasteiger partial charge in [0.25, 0.3) is 0 Å². The van der Waals surface area contributed by atoms with Gasteiger partial charge in [-0.25, -0.2) is 0 Å². The minimum atomic E-state index is 0.120. The maximum Gasteiger partial charge on any atom is 0.107 e. The number of nitrogens with one attached hydrogen (secondary N) is 2. The lowest BCUT2D eigenvalue weighted by molar-refractivity contribution is 0.155. The van der Waals surface area contributed by atoms with Crippen LogP contribution in [-0.2, 0) is 0 Å². The Morgan fingerprint density at radius 2 is 1.74 bits per heavy atom.